The molecule has 3 aliphatic rings. The maximum Gasteiger partial charge on any atom is 0.115 e. The molecule has 3 aliphatic carbocycles. The first-order valence-corrected chi connectivity index (χ1v) is 9.18. The first-order valence-electron chi connectivity index (χ1n) is 9.18. The van der Waals surface area contributed by atoms with Crippen molar-refractivity contribution in [3.8, 4) is 5.75 Å². The number of phenols is 1. The predicted molar refractivity (Wildman–Crippen MR) is 92.7 cm³/mol. The van der Waals surface area contributed by atoms with E-state index >= 15 is 0 Å². The van der Waals surface area contributed by atoms with Crippen LogP contribution >= 0.6 is 0 Å². The number of rotatable bonds is 0. The highest BCUT2D eigenvalue weighted by Gasteiger charge is 2.63. The number of hydrogen-bond donors (Lipinski definition) is 2. The average molecular weight is 314 g/mol. The molecule has 23 heavy (non-hydrogen) atoms. The van der Waals surface area contributed by atoms with E-state index in [-0.39, 0.29) is 16.9 Å². The summed E-state index contributed by atoms with van der Waals surface area (Å²) in [4.78, 5) is 0. The van der Waals surface area contributed by atoms with Crippen molar-refractivity contribution >= 4 is 0 Å². The molecule has 0 aromatic heterocycles. The predicted octanol–water partition coefficient (Wildman–Crippen LogP) is 4.52. The molecule has 0 amide bonds. The molecule has 0 aliphatic heterocycles. The Bertz CT molecular complexity index is 645. The van der Waals surface area contributed by atoms with Gasteiger partial charge in [0.05, 0.1) is 6.10 Å². The largest absolute Gasteiger partial charge is 0.508 e. The maximum atomic E-state index is 10.4. The third-order valence-electron chi connectivity index (χ3n) is 7.33. The molecule has 1 spiro atoms. The first-order chi connectivity index (χ1) is 10.7. The minimum Gasteiger partial charge on any atom is -0.508 e. The van der Waals surface area contributed by atoms with Crippen LogP contribution in [0.25, 0.3) is 0 Å². The molecule has 2 saturated carbocycles. The third kappa shape index (κ3) is 2.03. The number of fused-ring (bicyclic) bond motifs is 4. The fourth-order valence-electron chi connectivity index (χ4n) is 6.77. The van der Waals surface area contributed by atoms with E-state index in [1.807, 2.05) is 12.1 Å². The van der Waals surface area contributed by atoms with Crippen LogP contribution in [0.15, 0.2) is 18.2 Å². The molecule has 4 atom stereocenters. The zero-order chi connectivity index (χ0) is 16.6. The molecule has 126 valence electrons. The van der Waals surface area contributed by atoms with Gasteiger partial charge in [0.2, 0.25) is 0 Å². The normalized spacial score (nSPS) is 40.1. The SMILES string of the molecule is CC1(C)CC2(CC(C)(C)C3CCC(O)CC32)c2cc(O)ccc21. The van der Waals surface area contributed by atoms with Crippen LogP contribution in [0.3, 0.4) is 0 Å². The molecule has 0 radical (unpaired) electrons. The van der Waals surface area contributed by atoms with E-state index in [4.69, 9.17) is 0 Å². The van der Waals surface area contributed by atoms with Crippen LogP contribution in [0.1, 0.15) is 70.9 Å². The van der Waals surface area contributed by atoms with Gasteiger partial charge >= 0.3 is 0 Å². The molecular formula is C21H30O2. The highest BCUT2D eigenvalue weighted by Crippen LogP contribution is 2.68. The highest BCUT2D eigenvalue weighted by atomic mass is 16.3. The molecule has 0 bridgehead atoms. The number of phenolic OH excluding ortho intramolecular Hbond substituents is 1. The summed E-state index contributed by atoms with van der Waals surface area (Å²) < 4.78 is 0. The van der Waals surface area contributed by atoms with Gasteiger partial charge < -0.3 is 10.2 Å². The molecule has 2 N–H and O–H groups in total. The summed E-state index contributed by atoms with van der Waals surface area (Å²) in [6, 6.07) is 6.01. The van der Waals surface area contributed by atoms with Gasteiger partial charge in [-0.15, -0.1) is 0 Å². The summed E-state index contributed by atoms with van der Waals surface area (Å²) in [6.45, 7) is 9.53. The van der Waals surface area contributed by atoms with Crippen molar-refractivity contribution in [2.45, 2.75) is 76.7 Å². The lowest BCUT2D eigenvalue weighted by atomic mass is 9.64. The van der Waals surface area contributed by atoms with Gasteiger partial charge in [0, 0.05) is 5.41 Å². The Balaban J connectivity index is 1.90. The summed E-state index contributed by atoms with van der Waals surface area (Å²) in [6.07, 6.45) is 5.22. The van der Waals surface area contributed by atoms with E-state index in [9.17, 15) is 10.2 Å². The zero-order valence-electron chi connectivity index (χ0n) is 14.9. The summed E-state index contributed by atoms with van der Waals surface area (Å²) in [5, 5.41) is 20.5. The molecule has 2 fully saturated rings. The monoisotopic (exact) mass is 314 g/mol. The van der Waals surface area contributed by atoms with Crippen molar-refractivity contribution in [1.82, 2.24) is 0 Å². The second-order valence-electron chi connectivity index (χ2n) is 9.79. The number of aliphatic hydroxyl groups is 1. The lowest BCUT2D eigenvalue weighted by Gasteiger charge is -2.41. The maximum absolute atomic E-state index is 10.4. The van der Waals surface area contributed by atoms with Crippen molar-refractivity contribution in [2.75, 3.05) is 0 Å². The molecule has 2 heteroatoms. The fraction of sp³-hybridized carbons (Fsp3) is 0.714. The van der Waals surface area contributed by atoms with Gasteiger partial charge in [-0.05, 0) is 78.0 Å². The quantitative estimate of drug-likeness (QED) is 0.739. The average Bonchev–Trinajstić information content (AvgIpc) is 2.78. The van der Waals surface area contributed by atoms with Crippen molar-refractivity contribution in [2.24, 2.45) is 17.3 Å². The standard InChI is InChI=1S/C21H30O2/c1-19(2)11-21(17-9-13(22)5-7-15(17)19)12-20(3,4)16-8-6-14(23)10-18(16)21/h5,7,9,14,16,18,22-23H,6,8,10-12H2,1-4H3. The van der Waals surface area contributed by atoms with Gasteiger partial charge in [-0.25, -0.2) is 0 Å². The Morgan fingerprint density at radius 3 is 2.43 bits per heavy atom. The first kappa shape index (κ1) is 15.5. The van der Waals surface area contributed by atoms with E-state index in [2.05, 4.69) is 33.8 Å². The van der Waals surface area contributed by atoms with Crippen molar-refractivity contribution in [3.63, 3.8) is 0 Å². The minimum atomic E-state index is -0.147. The van der Waals surface area contributed by atoms with Crippen LogP contribution in [0, 0.1) is 17.3 Å². The Hall–Kier alpha value is -1.02. The van der Waals surface area contributed by atoms with E-state index in [0.29, 0.717) is 23.0 Å². The number of benzene rings is 1. The molecule has 1 aromatic rings. The van der Waals surface area contributed by atoms with Gasteiger partial charge in [0.15, 0.2) is 0 Å². The van der Waals surface area contributed by atoms with Crippen molar-refractivity contribution in [1.29, 1.82) is 0 Å². The lowest BCUT2D eigenvalue weighted by Crippen LogP contribution is -2.38. The Kier molecular flexibility index (Phi) is 3.06. The topological polar surface area (TPSA) is 40.5 Å². The van der Waals surface area contributed by atoms with Gasteiger partial charge in [-0.3, -0.25) is 0 Å². The van der Waals surface area contributed by atoms with Gasteiger partial charge in [-0.2, -0.15) is 0 Å². The van der Waals surface area contributed by atoms with Crippen LogP contribution in [0.5, 0.6) is 5.75 Å². The number of hydrogen-bond acceptors (Lipinski definition) is 2. The van der Waals surface area contributed by atoms with E-state index < -0.39 is 0 Å². The van der Waals surface area contributed by atoms with Crippen molar-refractivity contribution in [3.05, 3.63) is 29.3 Å². The zero-order valence-corrected chi connectivity index (χ0v) is 14.9. The third-order valence-corrected chi connectivity index (χ3v) is 7.33. The van der Waals surface area contributed by atoms with Crippen LogP contribution in [0.2, 0.25) is 0 Å². The number of aromatic hydroxyl groups is 1. The second kappa shape index (κ2) is 4.53. The van der Waals surface area contributed by atoms with Gasteiger partial charge in [0.1, 0.15) is 5.75 Å². The molecule has 0 heterocycles. The van der Waals surface area contributed by atoms with E-state index in [1.54, 1.807) is 0 Å². The summed E-state index contributed by atoms with van der Waals surface area (Å²) in [5.74, 6) is 1.62. The lowest BCUT2D eigenvalue weighted by molar-refractivity contribution is 0.0379. The summed E-state index contributed by atoms with van der Waals surface area (Å²) in [5.41, 5.74) is 3.38. The van der Waals surface area contributed by atoms with Crippen molar-refractivity contribution < 1.29 is 10.2 Å². The van der Waals surface area contributed by atoms with Gasteiger partial charge in [0.25, 0.3) is 0 Å². The van der Waals surface area contributed by atoms with E-state index in [1.165, 1.54) is 17.5 Å². The molecule has 4 unspecified atom stereocenters. The molecule has 4 rings (SSSR count). The summed E-state index contributed by atoms with van der Waals surface area (Å²) in [7, 11) is 0. The molecule has 0 saturated heterocycles. The van der Waals surface area contributed by atoms with Crippen LogP contribution in [-0.2, 0) is 10.8 Å². The Morgan fingerprint density at radius 2 is 1.70 bits per heavy atom. The van der Waals surface area contributed by atoms with Crippen LogP contribution in [0.4, 0.5) is 0 Å². The molecule has 1 aromatic carbocycles. The fourth-order valence-corrected chi connectivity index (χ4v) is 6.77. The van der Waals surface area contributed by atoms with Crippen LogP contribution < -0.4 is 0 Å². The van der Waals surface area contributed by atoms with Gasteiger partial charge in [-0.1, -0.05) is 33.8 Å². The Morgan fingerprint density at radius 1 is 0.957 bits per heavy atom. The summed E-state index contributed by atoms with van der Waals surface area (Å²) >= 11 is 0. The molecule has 2 nitrogen and oxygen atoms in total. The van der Waals surface area contributed by atoms with E-state index in [0.717, 1.165) is 25.7 Å². The minimum absolute atomic E-state index is 0.132. The Labute approximate surface area is 139 Å². The smallest absolute Gasteiger partial charge is 0.115 e. The second-order valence-corrected chi connectivity index (χ2v) is 9.79. The number of aliphatic hydroxyl groups excluding tert-OH is 1. The highest BCUT2D eigenvalue weighted by molar-refractivity contribution is 5.50. The van der Waals surface area contributed by atoms with Crippen LogP contribution in [-0.4, -0.2) is 16.3 Å². The molecular weight excluding hydrogens is 284 g/mol.